The number of hydrogen-bond donors (Lipinski definition) is 2. The van der Waals surface area contributed by atoms with Crippen molar-refractivity contribution in [2.24, 2.45) is 0 Å². The molecule has 3 rings (SSSR count). The predicted octanol–water partition coefficient (Wildman–Crippen LogP) is 2.98. The number of furan rings is 1. The average molecular weight is 267 g/mol. The van der Waals surface area contributed by atoms with Crippen molar-refractivity contribution in [1.82, 2.24) is 9.97 Å². The minimum Gasteiger partial charge on any atom is -0.508 e. The van der Waals surface area contributed by atoms with Gasteiger partial charge in [-0.25, -0.2) is 9.97 Å². The molecule has 0 saturated carbocycles. The van der Waals surface area contributed by atoms with E-state index in [1.54, 1.807) is 42.9 Å². The number of aromatic nitrogens is 2. The number of anilines is 1. The van der Waals surface area contributed by atoms with Gasteiger partial charge in [0.25, 0.3) is 0 Å². The van der Waals surface area contributed by atoms with Gasteiger partial charge in [-0.15, -0.1) is 0 Å². The molecule has 1 aromatic carbocycles. The van der Waals surface area contributed by atoms with E-state index in [1.807, 2.05) is 18.2 Å². The van der Waals surface area contributed by atoms with Crippen LogP contribution in [0.2, 0.25) is 0 Å². The summed E-state index contributed by atoms with van der Waals surface area (Å²) >= 11 is 0. The third-order valence-electron chi connectivity index (χ3n) is 2.91. The molecule has 3 aromatic rings. The maximum atomic E-state index is 10.0. The smallest absolute Gasteiger partial charge is 0.223 e. The number of nitrogens with zero attached hydrogens (tertiary/aromatic N) is 2. The van der Waals surface area contributed by atoms with Crippen LogP contribution < -0.4 is 5.32 Å². The van der Waals surface area contributed by atoms with Gasteiger partial charge in [-0.2, -0.15) is 0 Å². The number of aromatic hydroxyl groups is 1. The van der Waals surface area contributed by atoms with Crippen LogP contribution in [-0.4, -0.2) is 15.1 Å². The third kappa shape index (κ3) is 2.47. The second kappa shape index (κ2) is 5.44. The van der Waals surface area contributed by atoms with Crippen LogP contribution in [0.3, 0.4) is 0 Å². The lowest BCUT2D eigenvalue weighted by Gasteiger charge is -2.17. The topological polar surface area (TPSA) is 71.2 Å². The Bertz CT molecular complexity index is 669. The van der Waals surface area contributed by atoms with Crippen molar-refractivity contribution in [1.29, 1.82) is 0 Å². The molecule has 1 unspecified atom stereocenters. The molecule has 0 spiro atoms. The van der Waals surface area contributed by atoms with Crippen molar-refractivity contribution in [3.05, 3.63) is 72.4 Å². The molecular formula is C15H13N3O2. The third-order valence-corrected chi connectivity index (χ3v) is 2.91. The molecule has 0 fully saturated rings. The van der Waals surface area contributed by atoms with E-state index in [4.69, 9.17) is 4.42 Å². The Morgan fingerprint density at radius 2 is 1.80 bits per heavy atom. The van der Waals surface area contributed by atoms with Gasteiger partial charge in [0, 0.05) is 18.0 Å². The molecule has 5 heteroatoms. The van der Waals surface area contributed by atoms with E-state index < -0.39 is 0 Å². The molecular weight excluding hydrogens is 254 g/mol. The van der Waals surface area contributed by atoms with E-state index in [0.29, 0.717) is 17.3 Å². The van der Waals surface area contributed by atoms with E-state index in [-0.39, 0.29) is 11.8 Å². The summed E-state index contributed by atoms with van der Waals surface area (Å²) in [5.74, 6) is 1.34. The number of benzene rings is 1. The summed E-state index contributed by atoms with van der Waals surface area (Å²) in [6.45, 7) is 0. The summed E-state index contributed by atoms with van der Waals surface area (Å²) in [6.07, 6.45) is 4.90. The van der Waals surface area contributed by atoms with E-state index in [0.717, 1.165) is 0 Å². The van der Waals surface area contributed by atoms with Crippen LogP contribution in [0.5, 0.6) is 5.75 Å². The average Bonchev–Trinajstić information content (AvgIpc) is 3.01. The quantitative estimate of drug-likeness (QED) is 0.760. The minimum atomic E-state index is -0.353. The summed E-state index contributed by atoms with van der Waals surface area (Å²) < 4.78 is 5.45. The van der Waals surface area contributed by atoms with Crippen molar-refractivity contribution in [3.63, 3.8) is 0 Å². The Balaban J connectivity index is 1.99. The highest BCUT2D eigenvalue weighted by molar-refractivity contribution is 5.44. The Labute approximate surface area is 115 Å². The van der Waals surface area contributed by atoms with Gasteiger partial charge in [0.05, 0.1) is 6.26 Å². The zero-order valence-corrected chi connectivity index (χ0v) is 10.6. The standard InChI is InChI=1S/C15H13N3O2/c19-12-6-2-1-5-11(12)14(13-7-3-10-20-13)18-15-16-8-4-9-17-15/h1-10,14,19H,(H,16,17,18). The second-order valence-corrected chi connectivity index (χ2v) is 4.22. The van der Waals surface area contributed by atoms with Crippen molar-refractivity contribution >= 4 is 5.95 Å². The SMILES string of the molecule is Oc1ccccc1C(Nc1ncccn1)c1ccco1. The Morgan fingerprint density at radius 3 is 2.50 bits per heavy atom. The first kappa shape index (κ1) is 12.2. The van der Waals surface area contributed by atoms with Crippen molar-refractivity contribution in [2.75, 3.05) is 5.32 Å². The van der Waals surface area contributed by atoms with Crippen LogP contribution in [0.15, 0.2) is 65.5 Å². The first-order chi connectivity index (χ1) is 9.84. The Kier molecular flexibility index (Phi) is 3.33. The Morgan fingerprint density at radius 1 is 1.00 bits per heavy atom. The molecule has 0 amide bonds. The van der Waals surface area contributed by atoms with Crippen LogP contribution in [0.4, 0.5) is 5.95 Å². The molecule has 0 saturated heterocycles. The first-order valence-electron chi connectivity index (χ1n) is 6.19. The monoisotopic (exact) mass is 267 g/mol. The highest BCUT2D eigenvalue weighted by Crippen LogP contribution is 2.31. The minimum absolute atomic E-state index is 0.192. The first-order valence-corrected chi connectivity index (χ1v) is 6.19. The zero-order valence-electron chi connectivity index (χ0n) is 10.6. The fraction of sp³-hybridized carbons (Fsp3) is 0.0667. The van der Waals surface area contributed by atoms with Crippen molar-refractivity contribution < 1.29 is 9.52 Å². The van der Waals surface area contributed by atoms with Gasteiger partial charge in [0.1, 0.15) is 17.6 Å². The molecule has 2 N–H and O–H groups in total. The molecule has 1 atom stereocenters. The zero-order chi connectivity index (χ0) is 13.8. The lowest BCUT2D eigenvalue weighted by Crippen LogP contribution is -2.13. The maximum absolute atomic E-state index is 10.0. The highest BCUT2D eigenvalue weighted by Gasteiger charge is 2.20. The molecule has 0 aliphatic rings. The number of rotatable bonds is 4. The summed E-state index contributed by atoms with van der Waals surface area (Å²) in [5, 5.41) is 13.2. The van der Waals surface area contributed by atoms with Gasteiger partial charge < -0.3 is 14.8 Å². The summed E-state index contributed by atoms with van der Waals surface area (Å²) in [6, 6.07) is 12.1. The second-order valence-electron chi connectivity index (χ2n) is 4.22. The molecule has 2 aromatic heterocycles. The molecule has 0 aliphatic heterocycles. The lowest BCUT2D eigenvalue weighted by atomic mass is 10.0. The number of para-hydroxylation sites is 1. The van der Waals surface area contributed by atoms with Crippen molar-refractivity contribution in [3.8, 4) is 5.75 Å². The fourth-order valence-electron chi connectivity index (χ4n) is 1.99. The van der Waals surface area contributed by atoms with E-state index in [9.17, 15) is 5.11 Å². The highest BCUT2D eigenvalue weighted by atomic mass is 16.3. The molecule has 20 heavy (non-hydrogen) atoms. The number of phenols is 1. The van der Waals surface area contributed by atoms with Gasteiger partial charge in [0.2, 0.25) is 5.95 Å². The van der Waals surface area contributed by atoms with Gasteiger partial charge in [-0.3, -0.25) is 0 Å². The van der Waals surface area contributed by atoms with E-state index >= 15 is 0 Å². The van der Waals surface area contributed by atoms with Crippen LogP contribution >= 0.6 is 0 Å². The predicted molar refractivity (Wildman–Crippen MR) is 74.3 cm³/mol. The molecule has 0 bridgehead atoms. The maximum Gasteiger partial charge on any atom is 0.223 e. The molecule has 100 valence electrons. The van der Waals surface area contributed by atoms with Gasteiger partial charge in [0.15, 0.2) is 0 Å². The summed E-state index contributed by atoms with van der Waals surface area (Å²) in [4.78, 5) is 8.28. The van der Waals surface area contributed by atoms with Crippen molar-refractivity contribution in [2.45, 2.75) is 6.04 Å². The normalized spacial score (nSPS) is 12.0. The van der Waals surface area contributed by atoms with E-state index in [1.165, 1.54) is 0 Å². The van der Waals surface area contributed by atoms with Gasteiger partial charge in [-0.1, -0.05) is 18.2 Å². The van der Waals surface area contributed by atoms with Crippen LogP contribution in [0, 0.1) is 0 Å². The van der Waals surface area contributed by atoms with Gasteiger partial charge >= 0.3 is 0 Å². The fourth-order valence-corrected chi connectivity index (χ4v) is 1.99. The number of phenolic OH excluding ortho intramolecular Hbond substituents is 1. The molecule has 0 aliphatic carbocycles. The number of nitrogens with one attached hydrogen (secondary N) is 1. The van der Waals surface area contributed by atoms with Crippen LogP contribution in [-0.2, 0) is 0 Å². The van der Waals surface area contributed by atoms with E-state index in [2.05, 4.69) is 15.3 Å². The Hall–Kier alpha value is -2.82. The summed E-state index contributed by atoms with van der Waals surface area (Å²) in [7, 11) is 0. The molecule has 5 nitrogen and oxygen atoms in total. The molecule has 2 heterocycles. The summed E-state index contributed by atoms with van der Waals surface area (Å²) in [5.41, 5.74) is 0.704. The molecule has 0 radical (unpaired) electrons. The number of hydrogen-bond acceptors (Lipinski definition) is 5. The largest absolute Gasteiger partial charge is 0.508 e. The lowest BCUT2D eigenvalue weighted by molar-refractivity contribution is 0.454. The van der Waals surface area contributed by atoms with Crippen LogP contribution in [0.25, 0.3) is 0 Å². The van der Waals surface area contributed by atoms with Gasteiger partial charge in [-0.05, 0) is 24.3 Å². The van der Waals surface area contributed by atoms with Crippen LogP contribution in [0.1, 0.15) is 17.4 Å².